The molecule has 0 saturated carbocycles. The van der Waals surface area contributed by atoms with Gasteiger partial charge in [-0.2, -0.15) is 0 Å². The van der Waals surface area contributed by atoms with Crippen LogP contribution in [0.25, 0.3) is 0 Å². The molecule has 1 atom stereocenters. The SMILES string of the molecule is CC(N)=NCCCC[C@H](N)C(=O)O.NC(=O)n1cnnn1. The Bertz CT molecular complexity index is 455. The van der Waals surface area contributed by atoms with Crippen LogP contribution < -0.4 is 17.2 Å². The van der Waals surface area contributed by atoms with E-state index in [-0.39, 0.29) is 0 Å². The minimum atomic E-state index is -0.946. The molecule has 1 amide bonds. The smallest absolute Gasteiger partial charge is 0.342 e. The Labute approximate surface area is 121 Å². The first-order chi connectivity index (χ1) is 9.84. The number of carboxylic acids is 1. The van der Waals surface area contributed by atoms with Gasteiger partial charge in [-0.3, -0.25) is 9.79 Å². The van der Waals surface area contributed by atoms with Crippen LogP contribution in [0.15, 0.2) is 11.3 Å². The second-order valence-electron chi connectivity index (χ2n) is 4.06. The van der Waals surface area contributed by atoms with Crippen molar-refractivity contribution in [1.82, 2.24) is 20.2 Å². The van der Waals surface area contributed by atoms with Gasteiger partial charge >= 0.3 is 12.0 Å². The highest BCUT2D eigenvalue weighted by atomic mass is 16.4. The van der Waals surface area contributed by atoms with Crippen molar-refractivity contribution in [2.75, 3.05) is 6.54 Å². The lowest BCUT2D eigenvalue weighted by atomic mass is 10.1. The molecule has 1 rings (SSSR count). The van der Waals surface area contributed by atoms with Gasteiger partial charge < -0.3 is 22.3 Å². The van der Waals surface area contributed by atoms with E-state index in [9.17, 15) is 9.59 Å². The Hall–Kier alpha value is -2.56. The predicted octanol–water partition coefficient (Wildman–Crippen LogP) is -1.45. The number of rotatable bonds is 6. The van der Waals surface area contributed by atoms with Gasteiger partial charge in [0.05, 0.1) is 5.84 Å². The van der Waals surface area contributed by atoms with Crippen molar-refractivity contribution in [3.05, 3.63) is 6.33 Å². The summed E-state index contributed by atoms with van der Waals surface area (Å²) in [5.41, 5.74) is 15.4. The summed E-state index contributed by atoms with van der Waals surface area (Å²) >= 11 is 0. The number of carboxylic acid groups (broad SMARTS) is 1. The second kappa shape index (κ2) is 10.3. The van der Waals surface area contributed by atoms with E-state index in [1.165, 1.54) is 0 Å². The number of amidine groups is 1. The third-order valence-electron chi connectivity index (χ3n) is 2.18. The Morgan fingerprint density at radius 1 is 1.38 bits per heavy atom. The topological polar surface area (TPSA) is 188 Å². The fraction of sp³-hybridized carbons (Fsp3) is 0.600. The fourth-order valence-electron chi connectivity index (χ4n) is 1.12. The molecule has 1 aromatic heterocycles. The maximum atomic E-state index is 10.3. The lowest BCUT2D eigenvalue weighted by Crippen LogP contribution is -2.29. The summed E-state index contributed by atoms with van der Waals surface area (Å²) in [6.07, 6.45) is 3.22. The molecule has 0 saturated heterocycles. The Morgan fingerprint density at radius 2 is 2.05 bits per heavy atom. The summed E-state index contributed by atoms with van der Waals surface area (Å²) in [6, 6.07) is -1.43. The van der Waals surface area contributed by atoms with Crippen LogP contribution in [0, 0.1) is 0 Å². The van der Waals surface area contributed by atoms with Gasteiger partial charge in [0.2, 0.25) is 0 Å². The van der Waals surface area contributed by atoms with Gasteiger partial charge in [-0.25, -0.2) is 4.79 Å². The minimum Gasteiger partial charge on any atom is -0.480 e. The average molecular weight is 300 g/mol. The maximum Gasteiger partial charge on any atom is 0.342 e. The van der Waals surface area contributed by atoms with E-state index in [0.29, 0.717) is 18.8 Å². The monoisotopic (exact) mass is 300 g/mol. The lowest BCUT2D eigenvalue weighted by molar-refractivity contribution is -0.138. The van der Waals surface area contributed by atoms with Gasteiger partial charge in [0, 0.05) is 6.54 Å². The fourth-order valence-corrected chi connectivity index (χ4v) is 1.12. The van der Waals surface area contributed by atoms with Crippen molar-refractivity contribution < 1.29 is 14.7 Å². The van der Waals surface area contributed by atoms with E-state index in [4.69, 9.17) is 22.3 Å². The molecule has 118 valence electrons. The van der Waals surface area contributed by atoms with Crippen molar-refractivity contribution in [3.63, 3.8) is 0 Å². The highest BCUT2D eigenvalue weighted by Gasteiger charge is 2.09. The van der Waals surface area contributed by atoms with Crippen molar-refractivity contribution in [2.45, 2.75) is 32.2 Å². The van der Waals surface area contributed by atoms with Gasteiger partial charge in [-0.05, 0) is 36.6 Å². The second-order valence-corrected chi connectivity index (χ2v) is 4.06. The number of tetrazole rings is 1. The number of aliphatic carboxylic acids is 1. The van der Waals surface area contributed by atoms with E-state index in [2.05, 4.69) is 20.5 Å². The Morgan fingerprint density at radius 3 is 2.43 bits per heavy atom. The van der Waals surface area contributed by atoms with Crippen molar-refractivity contribution >= 4 is 17.8 Å². The van der Waals surface area contributed by atoms with Crippen LogP contribution in [0.2, 0.25) is 0 Å². The minimum absolute atomic E-state index is 0.495. The Kier molecular flexibility index (Phi) is 9.00. The first kappa shape index (κ1) is 18.4. The van der Waals surface area contributed by atoms with Crippen LogP contribution in [0.4, 0.5) is 4.79 Å². The van der Waals surface area contributed by atoms with Crippen LogP contribution in [0.5, 0.6) is 0 Å². The normalized spacial score (nSPS) is 12.2. The van der Waals surface area contributed by atoms with Gasteiger partial charge in [0.25, 0.3) is 0 Å². The summed E-state index contributed by atoms with van der Waals surface area (Å²) in [7, 11) is 0. The number of amides is 1. The zero-order valence-corrected chi connectivity index (χ0v) is 11.7. The number of carbonyl (C=O) groups excluding carboxylic acids is 1. The van der Waals surface area contributed by atoms with Gasteiger partial charge in [-0.15, -0.1) is 9.78 Å². The molecule has 11 nitrogen and oxygen atoms in total. The summed E-state index contributed by atoms with van der Waals surface area (Å²) in [6.45, 7) is 2.37. The molecule has 0 aliphatic carbocycles. The molecular formula is C10H20N8O3. The van der Waals surface area contributed by atoms with E-state index in [0.717, 1.165) is 23.9 Å². The van der Waals surface area contributed by atoms with Gasteiger partial charge in [0.1, 0.15) is 12.4 Å². The zero-order valence-electron chi connectivity index (χ0n) is 11.7. The summed E-state index contributed by atoms with van der Waals surface area (Å²) in [4.78, 5) is 24.4. The zero-order chi connectivity index (χ0) is 16.3. The standard InChI is InChI=1S/C8H17N3O2.C2H3N5O/c1-6(9)11-5-3-2-4-7(10)8(12)13;3-2(8)7-1-4-5-6-7/h7H,2-5,10H2,1H3,(H2,9,11)(H,12,13);1H,(H2,3,8)/t7-;/m0./s1. The summed E-state index contributed by atoms with van der Waals surface area (Å²) in [5, 5.41) is 18.0. The molecule has 0 unspecified atom stereocenters. The van der Waals surface area contributed by atoms with E-state index < -0.39 is 18.0 Å². The number of nitrogens with zero attached hydrogens (tertiary/aromatic N) is 5. The molecule has 1 heterocycles. The van der Waals surface area contributed by atoms with Crippen molar-refractivity contribution in [1.29, 1.82) is 0 Å². The van der Waals surface area contributed by atoms with Crippen LogP contribution >= 0.6 is 0 Å². The third-order valence-corrected chi connectivity index (χ3v) is 2.18. The first-order valence-corrected chi connectivity index (χ1v) is 6.12. The molecule has 0 fully saturated rings. The first-order valence-electron chi connectivity index (χ1n) is 6.12. The summed E-state index contributed by atoms with van der Waals surface area (Å²) in [5.74, 6) is -0.388. The molecular weight excluding hydrogens is 280 g/mol. The van der Waals surface area contributed by atoms with Crippen LogP contribution in [-0.2, 0) is 4.79 Å². The molecule has 0 bridgehead atoms. The molecule has 0 aliphatic rings. The number of aliphatic imine (C=N–C) groups is 1. The molecule has 0 aromatic carbocycles. The molecule has 0 spiro atoms. The number of carbonyl (C=O) groups is 2. The number of hydrogen-bond acceptors (Lipinski definition) is 7. The van der Waals surface area contributed by atoms with Crippen LogP contribution in [0.1, 0.15) is 26.2 Å². The van der Waals surface area contributed by atoms with E-state index in [1.807, 2.05) is 0 Å². The Balaban J connectivity index is 0.000000423. The third kappa shape index (κ3) is 9.95. The van der Waals surface area contributed by atoms with E-state index in [1.54, 1.807) is 6.92 Å². The van der Waals surface area contributed by atoms with Crippen molar-refractivity contribution in [3.8, 4) is 0 Å². The maximum absolute atomic E-state index is 10.3. The number of hydrogen-bond donors (Lipinski definition) is 4. The van der Waals surface area contributed by atoms with Gasteiger partial charge in [-0.1, -0.05) is 0 Å². The molecule has 0 aliphatic heterocycles. The lowest BCUT2D eigenvalue weighted by Gasteiger charge is -2.04. The highest BCUT2D eigenvalue weighted by molar-refractivity contribution is 5.77. The largest absolute Gasteiger partial charge is 0.480 e. The van der Waals surface area contributed by atoms with Crippen molar-refractivity contribution in [2.24, 2.45) is 22.2 Å². The number of primary amides is 1. The number of aromatic nitrogens is 4. The number of unbranched alkanes of at least 4 members (excludes halogenated alkanes) is 1. The molecule has 21 heavy (non-hydrogen) atoms. The van der Waals surface area contributed by atoms with Crippen LogP contribution in [0.3, 0.4) is 0 Å². The van der Waals surface area contributed by atoms with Gasteiger partial charge in [0.15, 0.2) is 0 Å². The number of nitrogens with two attached hydrogens (primary N) is 3. The molecule has 0 radical (unpaired) electrons. The molecule has 7 N–H and O–H groups in total. The highest BCUT2D eigenvalue weighted by Crippen LogP contribution is 1.99. The summed E-state index contributed by atoms with van der Waals surface area (Å²) < 4.78 is 0.833. The molecule has 1 aromatic rings. The average Bonchev–Trinajstić information content (AvgIpc) is 2.92. The van der Waals surface area contributed by atoms with E-state index >= 15 is 0 Å². The predicted molar refractivity (Wildman–Crippen MR) is 74.4 cm³/mol. The molecule has 11 heteroatoms. The quantitative estimate of drug-likeness (QED) is 0.212. The van der Waals surface area contributed by atoms with Crippen LogP contribution in [-0.4, -0.2) is 55.7 Å².